The molecular formula is C19H16N2O3S. The van der Waals surface area contributed by atoms with Crippen LogP contribution in [0.4, 0.5) is 5.69 Å². The number of nitrogens with one attached hydrogen (secondary N) is 1. The number of anilines is 1. The zero-order valence-corrected chi connectivity index (χ0v) is 14.4. The van der Waals surface area contributed by atoms with E-state index < -0.39 is 0 Å². The molecular weight excluding hydrogens is 336 g/mol. The lowest BCUT2D eigenvalue weighted by molar-refractivity contribution is -0.115. The predicted molar refractivity (Wildman–Crippen MR) is 97.2 cm³/mol. The van der Waals surface area contributed by atoms with Crippen molar-refractivity contribution in [2.24, 2.45) is 0 Å². The fourth-order valence-electron chi connectivity index (χ4n) is 2.62. The molecule has 0 saturated carbocycles. The molecule has 126 valence electrons. The minimum Gasteiger partial charge on any atom is -0.454 e. The third-order valence-corrected chi connectivity index (χ3v) is 5.10. The molecule has 0 bridgehead atoms. The first kappa shape index (κ1) is 15.7. The summed E-state index contributed by atoms with van der Waals surface area (Å²) in [4.78, 5) is 17.9. The zero-order chi connectivity index (χ0) is 17.2. The van der Waals surface area contributed by atoms with Crippen molar-refractivity contribution >= 4 is 22.9 Å². The summed E-state index contributed by atoms with van der Waals surface area (Å²) in [5.41, 5.74) is 2.66. The van der Waals surface area contributed by atoms with Crippen LogP contribution in [0.2, 0.25) is 0 Å². The molecule has 4 rings (SSSR count). The van der Waals surface area contributed by atoms with E-state index in [2.05, 4.69) is 10.3 Å². The number of fused-ring (bicyclic) bond motifs is 1. The number of rotatable bonds is 4. The highest BCUT2D eigenvalue weighted by molar-refractivity contribution is 7.15. The third kappa shape index (κ3) is 3.34. The molecule has 6 heteroatoms. The molecule has 0 unspecified atom stereocenters. The van der Waals surface area contributed by atoms with Crippen LogP contribution in [0.5, 0.6) is 11.5 Å². The Kier molecular flexibility index (Phi) is 4.11. The molecule has 0 radical (unpaired) electrons. The highest BCUT2D eigenvalue weighted by atomic mass is 32.1. The van der Waals surface area contributed by atoms with Gasteiger partial charge >= 0.3 is 0 Å². The van der Waals surface area contributed by atoms with Crippen molar-refractivity contribution in [3.8, 4) is 22.1 Å². The molecule has 0 atom stereocenters. The fraction of sp³-hybridized carbons (Fsp3) is 0.158. The van der Waals surface area contributed by atoms with Gasteiger partial charge in [-0.15, -0.1) is 11.3 Å². The number of hydrogen-bond acceptors (Lipinski definition) is 5. The van der Waals surface area contributed by atoms with Gasteiger partial charge in [0.25, 0.3) is 0 Å². The average molecular weight is 352 g/mol. The topological polar surface area (TPSA) is 60.5 Å². The summed E-state index contributed by atoms with van der Waals surface area (Å²) < 4.78 is 10.6. The van der Waals surface area contributed by atoms with E-state index in [4.69, 9.17) is 9.47 Å². The Bertz CT molecular complexity index is 922. The van der Waals surface area contributed by atoms with Crippen molar-refractivity contribution in [2.45, 2.75) is 13.3 Å². The molecule has 25 heavy (non-hydrogen) atoms. The summed E-state index contributed by atoms with van der Waals surface area (Å²) in [6.45, 7) is 2.15. The fourth-order valence-corrected chi connectivity index (χ4v) is 3.69. The van der Waals surface area contributed by atoms with Crippen LogP contribution < -0.4 is 14.8 Å². The average Bonchev–Trinajstić information content (AvgIpc) is 3.22. The Balaban J connectivity index is 1.47. The molecule has 0 aliphatic carbocycles. The van der Waals surface area contributed by atoms with Crippen LogP contribution in [0, 0.1) is 6.92 Å². The third-order valence-electron chi connectivity index (χ3n) is 3.89. The van der Waals surface area contributed by atoms with Gasteiger partial charge in [-0.3, -0.25) is 4.79 Å². The van der Waals surface area contributed by atoms with Crippen molar-refractivity contribution in [1.29, 1.82) is 0 Å². The molecule has 1 aromatic heterocycles. The van der Waals surface area contributed by atoms with Gasteiger partial charge < -0.3 is 14.8 Å². The summed E-state index contributed by atoms with van der Waals surface area (Å²) in [5, 5.41) is 3.84. The maximum Gasteiger partial charge on any atom is 0.231 e. The van der Waals surface area contributed by atoms with E-state index in [1.54, 1.807) is 29.5 Å². The number of thiazole rings is 1. The Morgan fingerprint density at radius 3 is 2.80 bits per heavy atom. The molecule has 2 heterocycles. The largest absolute Gasteiger partial charge is 0.454 e. The number of hydrogen-bond donors (Lipinski definition) is 1. The number of amides is 1. The van der Waals surface area contributed by atoms with E-state index in [1.807, 2.05) is 37.3 Å². The molecule has 5 nitrogen and oxygen atoms in total. The highest BCUT2D eigenvalue weighted by Gasteiger charge is 2.16. The standard InChI is InChI=1S/C19H16N2O3S/c1-12-17(25-19(20-12)13-5-3-2-4-6-13)10-18(22)21-14-7-8-15-16(9-14)24-11-23-15/h2-9H,10-11H2,1H3,(H,21,22). The molecule has 1 aliphatic rings. The van der Waals surface area contributed by atoms with Crippen molar-refractivity contribution in [1.82, 2.24) is 4.98 Å². The first-order valence-electron chi connectivity index (χ1n) is 7.90. The number of aryl methyl sites for hydroxylation is 1. The zero-order valence-electron chi connectivity index (χ0n) is 13.6. The number of nitrogens with zero attached hydrogens (tertiary/aromatic N) is 1. The van der Waals surface area contributed by atoms with Crippen LogP contribution >= 0.6 is 11.3 Å². The first-order chi connectivity index (χ1) is 12.2. The summed E-state index contributed by atoms with van der Waals surface area (Å²) in [5.74, 6) is 1.27. The quantitative estimate of drug-likeness (QED) is 0.770. The molecule has 1 amide bonds. The SMILES string of the molecule is Cc1nc(-c2ccccc2)sc1CC(=O)Nc1ccc2c(c1)OCO2. The van der Waals surface area contributed by atoms with Crippen LogP contribution in [-0.2, 0) is 11.2 Å². The van der Waals surface area contributed by atoms with Gasteiger partial charge in [0.05, 0.1) is 12.1 Å². The van der Waals surface area contributed by atoms with Crippen molar-refractivity contribution in [3.63, 3.8) is 0 Å². The van der Waals surface area contributed by atoms with Gasteiger partial charge in [0, 0.05) is 22.2 Å². The number of carbonyl (C=O) groups excluding carboxylic acids is 1. The second-order valence-electron chi connectivity index (χ2n) is 5.69. The van der Waals surface area contributed by atoms with Gasteiger partial charge in [0.2, 0.25) is 12.7 Å². The van der Waals surface area contributed by atoms with E-state index in [0.717, 1.165) is 21.1 Å². The Morgan fingerprint density at radius 2 is 1.96 bits per heavy atom. The number of benzene rings is 2. The lowest BCUT2D eigenvalue weighted by Crippen LogP contribution is -2.14. The van der Waals surface area contributed by atoms with E-state index in [1.165, 1.54) is 0 Å². The molecule has 0 fully saturated rings. The van der Waals surface area contributed by atoms with Crippen LogP contribution in [0.15, 0.2) is 48.5 Å². The van der Waals surface area contributed by atoms with Crippen molar-refractivity contribution in [3.05, 3.63) is 59.1 Å². The van der Waals surface area contributed by atoms with Gasteiger partial charge in [-0.2, -0.15) is 0 Å². The lowest BCUT2D eigenvalue weighted by Gasteiger charge is -2.05. The Labute approximate surface area is 149 Å². The first-order valence-corrected chi connectivity index (χ1v) is 8.72. The molecule has 0 spiro atoms. The van der Waals surface area contributed by atoms with Gasteiger partial charge in [0.1, 0.15) is 5.01 Å². The molecule has 3 aromatic rings. The summed E-state index contributed by atoms with van der Waals surface area (Å²) in [7, 11) is 0. The second-order valence-corrected chi connectivity index (χ2v) is 6.77. The number of ether oxygens (including phenoxy) is 2. The molecule has 2 aromatic carbocycles. The normalized spacial score (nSPS) is 12.2. The summed E-state index contributed by atoms with van der Waals surface area (Å²) in [6, 6.07) is 15.4. The van der Waals surface area contributed by atoms with Crippen LogP contribution in [0.25, 0.3) is 10.6 Å². The molecule has 1 aliphatic heterocycles. The maximum atomic E-state index is 12.4. The summed E-state index contributed by atoms with van der Waals surface area (Å²) in [6.07, 6.45) is 0.296. The second kappa shape index (κ2) is 6.57. The number of carbonyl (C=O) groups is 1. The molecule has 1 N–H and O–H groups in total. The molecule has 0 saturated heterocycles. The highest BCUT2D eigenvalue weighted by Crippen LogP contribution is 2.34. The van der Waals surface area contributed by atoms with Gasteiger partial charge in [0.15, 0.2) is 11.5 Å². The minimum absolute atomic E-state index is 0.0785. The monoisotopic (exact) mass is 352 g/mol. The van der Waals surface area contributed by atoms with E-state index >= 15 is 0 Å². The van der Waals surface area contributed by atoms with Gasteiger partial charge in [-0.1, -0.05) is 30.3 Å². The van der Waals surface area contributed by atoms with Crippen molar-refractivity contribution in [2.75, 3.05) is 12.1 Å². The smallest absolute Gasteiger partial charge is 0.231 e. The Hall–Kier alpha value is -2.86. The van der Waals surface area contributed by atoms with Crippen molar-refractivity contribution < 1.29 is 14.3 Å². The summed E-state index contributed by atoms with van der Waals surface area (Å²) >= 11 is 1.55. The van der Waals surface area contributed by atoms with Crippen LogP contribution in [-0.4, -0.2) is 17.7 Å². The maximum absolute atomic E-state index is 12.4. The van der Waals surface area contributed by atoms with E-state index in [-0.39, 0.29) is 12.7 Å². The van der Waals surface area contributed by atoms with Crippen LogP contribution in [0.1, 0.15) is 10.6 Å². The predicted octanol–water partition coefficient (Wildman–Crippen LogP) is 4.03. The minimum atomic E-state index is -0.0785. The van der Waals surface area contributed by atoms with Gasteiger partial charge in [-0.05, 0) is 19.1 Å². The van der Waals surface area contributed by atoms with E-state index in [9.17, 15) is 4.79 Å². The van der Waals surface area contributed by atoms with Crippen LogP contribution in [0.3, 0.4) is 0 Å². The Morgan fingerprint density at radius 1 is 1.16 bits per heavy atom. The number of aromatic nitrogens is 1. The lowest BCUT2D eigenvalue weighted by atomic mass is 10.2. The van der Waals surface area contributed by atoms with Gasteiger partial charge in [-0.25, -0.2) is 4.98 Å². The van der Waals surface area contributed by atoms with E-state index in [0.29, 0.717) is 23.6 Å².